The third-order valence-corrected chi connectivity index (χ3v) is 7.95. The summed E-state index contributed by atoms with van der Waals surface area (Å²) in [6, 6.07) is 9.38. The Morgan fingerprint density at radius 1 is 1.16 bits per heavy atom. The smallest absolute Gasteiger partial charge is 0.271 e. The van der Waals surface area contributed by atoms with Crippen molar-refractivity contribution in [3.63, 3.8) is 0 Å². The van der Waals surface area contributed by atoms with Crippen molar-refractivity contribution >= 4 is 50.9 Å². The number of rotatable bonds is 3. The number of carbonyl (C=O) groups is 2. The van der Waals surface area contributed by atoms with Crippen molar-refractivity contribution < 1.29 is 22.4 Å². The molecule has 7 nitrogen and oxygen atoms in total. The number of benzene rings is 1. The third kappa shape index (κ3) is 3.99. The van der Waals surface area contributed by atoms with E-state index in [1.165, 1.54) is 13.0 Å². The minimum Gasteiger partial charge on any atom is -0.457 e. The van der Waals surface area contributed by atoms with Gasteiger partial charge in [-0.1, -0.05) is 23.2 Å². The van der Waals surface area contributed by atoms with Gasteiger partial charge >= 0.3 is 0 Å². The second-order valence-electron chi connectivity index (χ2n) is 7.54. The summed E-state index contributed by atoms with van der Waals surface area (Å²) in [6.07, 6.45) is 1.59. The first-order valence-corrected chi connectivity index (χ1v) is 12.2. The van der Waals surface area contributed by atoms with Crippen LogP contribution in [0.25, 0.3) is 17.4 Å². The van der Waals surface area contributed by atoms with Gasteiger partial charge in [0, 0.05) is 11.1 Å². The molecule has 1 saturated heterocycles. The Morgan fingerprint density at radius 3 is 2.53 bits per heavy atom. The molecule has 2 aromatic rings. The van der Waals surface area contributed by atoms with E-state index < -0.39 is 27.7 Å². The van der Waals surface area contributed by atoms with Crippen molar-refractivity contribution in [2.45, 2.75) is 19.4 Å². The highest BCUT2D eigenvalue weighted by atomic mass is 35.5. The van der Waals surface area contributed by atoms with Crippen molar-refractivity contribution in [2.75, 3.05) is 11.5 Å². The monoisotopic (exact) mass is 490 g/mol. The van der Waals surface area contributed by atoms with Gasteiger partial charge in [-0.15, -0.1) is 0 Å². The topological polar surface area (TPSA) is 108 Å². The number of halogens is 2. The van der Waals surface area contributed by atoms with Gasteiger partial charge in [-0.3, -0.25) is 14.5 Å². The summed E-state index contributed by atoms with van der Waals surface area (Å²) in [4.78, 5) is 26.9. The number of sulfone groups is 1. The zero-order valence-electron chi connectivity index (χ0n) is 16.8. The normalized spacial score (nSPS) is 22.0. The van der Waals surface area contributed by atoms with Gasteiger partial charge < -0.3 is 4.42 Å². The van der Waals surface area contributed by atoms with Crippen molar-refractivity contribution in [1.29, 1.82) is 5.26 Å². The molecular weight excluding hydrogens is 475 g/mol. The molecule has 1 atom stereocenters. The lowest BCUT2D eigenvalue weighted by Gasteiger charge is -2.31. The van der Waals surface area contributed by atoms with E-state index in [0.29, 0.717) is 27.1 Å². The van der Waals surface area contributed by atoms with E-state index in [1.54, 1.807) is 30.3 Å². The fourth-order valence-corrected chi connectivity index (χ4v) is 5.79. The van der Waals surface area contributed by atoms with Gasteiger partial charge in [0.1, 0.15) is 23.2 Å². The largest absolute Gasteiger partial charge is 0.457 e. The molecule has 0 N–H and O–H groups in total. The summed E-state index contributed by atoms with van der Waals surface area (Å²) in [5.41, 5.74) is 0.793. The van der Waals surface area contributed by atoms with Gasteiger partial charge in [0.25, 0.3) is 11.8 Å². The number of hydrogen-bond acceptors (Lipinski definition) is 6. The Kier molecular flexibility index (Phi) is 5.76. The summed E-state index contributed by atoms with van der Waals surface area (Å²) >= 11 is 12.0. The lowest BCUT2D eigenvalue weighted by Crippen LogP contribution is -2.49. The minimum absolute atomic E-state index is 0.0977. The average molecular weight is 491 g/mol. The van der Waals surface area contributed by atoms with Crippen LogP contribution in [-0.4, -0.2) is 42.7 Å². The molecule has 32 heavy (non-hydrogen) atoms. The highest BCUT2D eigenvalue weighted by molar-refractivity contribution is 7.91. The molecule has 1 aromatic heterocycles. The predicted molar refractivity (Wildman–Crippen MR) is 119 cm³/mol. The summed E-state index contributed by atoms with van der Waals surface area (Å²) in [6.45, 7) is 1.51. The molecule has 2 aliphatic rings. The Bertz CT molecular complexity index is 1360. The third-order valence-electron chi connectivity index (χ3n) is 5.46. The number of nitriles is 1. The van der Waals surface area contributed by atoms with Gasteiger partial charge in [0.15, 0.2) is 9.84 Å². The second kappa shape index (κ2) is 8.24. The average Bonchev–Trinajstić information content (AvgIpc) is 3.34. The number of carbonyl (C=O) groups excluding carboxylic acids is 2. The molecule has 2 amide bonds. The Labute approximate surface area is 194 Å². The van der Waals surface area contributed by atoms with Crippen molar-refractivity contribution in [2.24, 2.45) is 0 Å². The van der Waals surface area contributed by atoms with Crippen molar-refractivity contribution in [3.8, 4) is 17.4 Å². The van der Waals surface area contributed by atoms with Gasteiger partial charge in [-0.2, -0.15) is 5.26 Å². The van der Waals surface area contributed by atoms with E-state index in [1.807, 2.05) is 6.07 Å². The molecule has 0 spiro atoms. The summed E-state index contributed by atoms with van der Waals surface area (Å²) in [5, 5.41) is 10.3. The van der Waals surface area contributed by atoms with Crippen LogP contribution in [0.1, 0.15) is 19.1 Å². The maximum Gasteiger partial charge on any atom is 0.271 e. The molecule has 164 valence electrons. The predicted octanol–water partition coefficient (Wildman–Crippen LogP) is 4.03. The molecule has 3 heterocycles. The van der Waals surface area contributed by atoms with Crippen LogP contribution in [0.5, 0.6) is 0 Å². The highest BCUT2D eigenvalue weighted by Crippen LogP contribution is 2.33. The molecule has 4 rings (SSSR count). The van der Waals surface area contributed by atoms with E-state index in [2.05, 4.69) is 0 Å². The van der Waals surface area contributed by atoms with Gasteiger partial charge in [-0.25, -0.2) is 8.42 Å². The molecule has 1 fully saturated rings. The molecule has 0 saturated carbocycles. The number of imide groups is 1. The quantitative estimate of drug-likeness (QED) is 0.474. The van der Waals surface area contributed by atoms with E-state index in [-0.39, 0.29) is 34.6 Å². The Hall–Kier alpha value is -2.86. The summed E-state index contributed by atoms with van der Waals surface area (Å²) in [7, 11) is -3.34. The van der Waals surface area contributed by atoms with Gasteiger partial charge in [0.05, 0.1) is 27.6 Å². The zero-order valence-corrected chi connectivity index (χ0v) is 19.1. The van der Waals surface area contributed by atoms with Crippen LogP contribution in [0.15, 0.2) is 51.5 Å². The fraction of sp³-hybridized carbons (Fsp3) is 0.227. The first-order chi connectivity index (χ1) is 15.1. The Morgan fingerprint density at radius 2 is 1.91 bits per heavy atom. The fourth-order valence-electron chi connectivity index (χ4n) is 3.79. The first-order valence-electron chi connectivity index (χ1n) is 9.58. The van der Waals surface area contributed by atoms with Crippen LogP contribution in [0.3, 0.4) is 0 Å². The SMILES string of the molecule is CC1=C(C#N)C(=O)N(C2CCS(=O)(=O)C2)C(=O)/C1=C/c1ccc(-c2ccc(Cl)c(Cl)c2)o1. The lowest BCUT2D eigenvalue weighted by molar-refractivity contribution is -0.142. The van der Waals surface area contributed by atoms with Crippen molar-refractivity contribution in [1.82, 2.24) is 4.90 Å². The van der Waals surface area contributed by atoms with Crippen LogP contribution >= 0.6 is 23.2 Å². The molecule has 2 aliphatic heterocycles. The first kappa shape index (κ1) is 22.3. The molecular formula is C22H16Cl2N2O5S. The van der Waals surface area contributed by atoms with Gasteiger partial charge in [0.2, 0.25) is 0 Å². The van der Waals surface area contributed by atoms with E-state index >= 15 is 0 Å². The zero-order chi connectivity index (χ0) is 23.2. The number of amides is 2. The van der Waals surface area contributed by atoms with Crippen LogP contribution in [0.2, 0.25) is 10.0 Å². The molecule has 0 bridgehead atoms. The minimum atomic E-state index is -3.34. The maximum atomic E-state index is 13.2. The number of furan rings is 1. The number of hydrogen-bond donors (Lipinski definition) is 0. The van der Waals surface area contributed by atoms with E-state index in [4.69, 9.17) is 27.6 Å². The standard InChI is InChI=1S/C22H16Cl2N2O5S/c1-12-16(9-15-3-5-20(31-15)13-2-4-18(23)19(24)8-13)21(27)26(22(28)17(12)10-25)14-6-7-32(29,30)11-14/h2-5,8-9,14H,6-7,11H2,1H3/b16-9+. The lowest BCUT2D eigenvalue weighted by atomic mass is 9.93. The molecule has 10 heteroatoms. The van der Waals surface area contributed by atoms with Crippen LogP contribution in [0.4, 0.5) is 0 Å². The van der Waals surface area contributed by atoms with Crippen LogP contribution in [-0.2, 0) is 19.4 Å². The van der Waals surface area contributed by atoms with Crippen molar-refractivity contribution in [3.05, 3.63) is 62.9 Å². The van der Waals surface area contributed by atoms with Crippen LogP contribution < -0.4 is 0 Å². The van der Waals surface area contributed by atoms with E-state index in [9.17, 15) is 23.3 Å². The maximum absolute atomic E-state index is 13.2. The molecule has 0 radical (unpaired) electrons. The summed E-state index contributed by atoms with van der Waals surface area (Å²) in [5.74, 6) is -1.04. The van der Waals surface area contributed by atoms with Crippen LogP contribution in [0, 0.1) is 11.3 Å². The second-order valence-corrected chi connectivity index (χ2v) is 10.6. The van der Waals surface area contributed by atoms with E-state index in [0.717, 1.165) is 4.90 Å². The summed E-state index contributed by atoms with van der Waals surface area (Å²) < 4.78 is 29.6. The molecule has 0 aliphatic carbocycles. The molecule has 1 aromatic carbocycles. The Balaban J connectivity index is 1.73. The number of nitrogens with zero attached hydrogens (tertiary/aromatic N) is 2. The van der Waals surface area contributed by atoms with Gasteiger partial charge in [-0.05, 0) is 55.3 Å². The highest BCUT2D eigenvalue weighted by Gasteiger charge is 2.43. The molecule has 1 unspecified atom stereocenters.